The first-order valence-electron chi connectivity index (χ1n) is 6.25. The number of ketones is 1. The van der Waals surface area contributed by atoms with Crippen LogP contribution in [0.1, 0.15) is 15.9 Å². The molecule has 0 aliphatic carbocycles. The summed E-state index contributed by atoms with van der Waals surface area (Å²) in [5, 5.41) is 0.820. The summed E-state index contributed by atoms with van der Waals surface area (Å²) in [6.45, 7) is 0. The SMILES string of the molecule is O=C(c1cc(Br)ccc1F)c1ccc(F)c2ccccc12. The molecule has 0 saturated carbocycles. The summed E-state index contributed by atoms with van der Waals surface area (Å²) in [5.74, 6) is -1.47. The molecular formula is C17H9BrF2O. The van der Waals surface area contributed by atoms with Crippen molar-refractivity contribution in [2.75, 3.05) is 0 Å². The van der Waals surface area contributed by atoms with Crippen molar-refractivity contribution in [1.82, 2.24) is 0 Å². The Hall–Kier alpha value is -2.07. The fourth-order valence-corrected chi connectivity index (χ4v) is 2.64. The van der Waals surface area contributed by atoms with E-state index in [-0.39, 0.29) is 11.1 Å². The van der Waals surface area contributed by atoms with Crippen LogP contribution < -0.4 is 0 Å². The van der Waals surface area contributed by atoms with Crippen molar-refractivity contribution < 1.29 is 13.6 Å². The van der Waals surface area contributed by atoms with Crippen molar-refractivity contribution in [3.05, 3.63) is 81.8 Å². The number of hydrogen-bond donors (Lipinski definition) is 0. The Morgan fingerprint density at radius 3 is 2.24 bits per heavy atom. The molecule has 0 aliphatic heterocycles. The van der Waals surface area contributed by atoms with E-state index in [0.717, 1.165) is 0 Å². The second kappa shape index (κ2) is 5.37. The predicted molar refractivity (Wildman–Crippen MR) is 81.4 cm³/mol. The Bertz CT molecular complexity index is 859. The van der Waals surface area contributed by atoms with E-state index in [1.54, 1.807) is 24.3 Å². The summed E-state index contributed by atoms with van der Waals surface area (Å²) >= 11 is 3.22. The van der Waals surface area contributed by atoms with Gasteiger partial charge in [-0.05, 0) is 35.7 Å². The molecule has 0 saturated heterocycles. The van der Waals surface area contributed by atoms with Crippen LogP contribution in [0.5, 0.6) is 0 Å². The van der Waals surface area contributed by atoms with Crippen LogP contribution in [0, 0.1) is 11.6 Å². The molecule has 0 unspecified atom stereocenters. The van der Waals surface area contributed by atoms with Gasteiger partial charge in [0.2, 0.25) is 0 Å². The lowest BCUT2D eigenvalue weighted by molar-refractivity contribution is 0.103. The number of benzene rings is 3. The predicted octanol–water partition coefficient (Wildman–Crippen LogP) is 5.11. The molecule has 0 N–H and O–H groups in total. The third kappa shape index (κ3) is 2.47. The zero-order valence-electron chi connectivity index (χ0n) is 10.7. The number of halogens is 3. The molecule has 0 aromatic heterocycles. The van der Waals surface area contributed by atoms with E-state index in [9.17, 15) is 13.6 Å². The van der Waals surface area contributed by atoms with Gasteiger partial charge in [0.1, 0.15) is 11.6 Å². The maximum Gasteiger partial charge on any atom is 0.196 e. The van der Waals surface area contributed by atoms with E-state index in [4.69, 9.17) is 0 Å². The van der Waals surface area contributed by atoms with Gasteiger partial charge in [-0.25, -0.2) is 8.78 Å². The minimum Gasteiger partial charge on any atom is -0.288 e. The first-order chi connectivity index (χ1) is 10.1. The maximum absolute atomic E-state index is 13.9. The molecule has 3 rings (SSSR count). The molecule has 3 aromatic rings. The molecule has 0 atom stereocenters. The highest BCUT2D eigenvalue weighted by molar-refractivity contribution is 9.10. The molecular weight excluding hydrogens is 338 g/mol. The second-order valence-electron chi connectivity index (χ2n) is 4.59. The lowest BCUT2D eigenvalue weighted by Crippen LogP contribution is -2.05. The van der Waals surface area contributed by atoms with Crippen LogP contribution in [0.3, 0.4) is 0 Å². The van der Waals surface area contributed by atoms with E-state index in [2.05, 4.69) is 15.9 Å². The fraction of sp³-hybridized carbons (Fsp3) is 0. The van der Waals surface area contributed by atoms with Gasteiger partial charge < -0.3 is 0 Å². The van der Waals surface area contributed by atoms with Crippen LogP contribution in [0.4, 0.5) is 8.78 Å². The highest BCUT2D eigenvalue weighted by Crippen LogP contribution is 2.26. The number of carbonyl (C=O) groups excluding carboxylic acids is 1. The average molecular weight is 347 g/mol. The summed E-state index contributed by atoms with van der Waals surface area (Å²) < 4.78 is 28.3. The quantitative estimate of drug-likeness (QED) is 0.589. The van der Waals surface area contributed by atoms with Crippen LogP contribution >= 0.6 is 15.9 Å². The van der Waals surface area contributed by atoms with Crippen molar-refractivity contribution in [2.45, 2.75) is 0 Å². The standard InChI is InChI=1S/C17H9BrF2O/c18-10-5-7-16(20)14(9-10)17(21)13-6-8-15(19)12-4-2-1-3-11(12)13/h1-9H. The first-order valence-corrected chi connectivity index (χ1v) is 7.04. The minimum absolute atomic E-state index is 0.0406. The number of fused-ring (bicyclic) bond motifs is 1. The van der Waals surface area contributed by atoms with Crippen molar-refractivity contribution in [3.8, 4) is 0 Å². The Balaban J connectivity index is 2.23. The summed E-state index contributed by atoms with van der Waals surface area (Å²) in [7, 11) is 0. The van der Waals surface area contributed by atoms with Gasteiger partial charge in [0, 0.05) is 15.4 Å². The van der Waals surface area contributed by atoms with Gasteiger partial charge in [0.05, 0.1) is 5.56 Å². The molecule has 21 heavy (non-hydrogen) atoms. The smallest absolute Gasteiger partial charge is 0.196 e. The Kier molecular flexibility index (Phi) is 3.55. The van der Waals surface area contributed by atoms with E-state index in [1.807, 2.05) is 0 Å². The lowest BCUT2D eigenvalue weighted by Gasteiger charge is -2.08. The van der Waals surface area contributed by atoms with Gasteiger partial charge >= 0.3 is 0 Å². The van der Waals surface area contributed by atoms with Gasteiger partial charge in [0.15, 0.2) is 5.78 Å². The van der Waals surface area contributed by atoms with Crippen LogP contribution in [0.15, 0.2) is 59.1 Å². The zero-order valence-corrected chi connectivity index (χ0v) is 12.3. The van der Waals surface area contributed by atoms with Crippen LogP contribution in [0.2, 0.25) is 0 Å². The molecule has 0 spiro atoms. The first kappa shape index (κ1) is 13.9. The summed E-state index contributed by atoms with van der Waals surface area (Å²) in [6.07, 6.45) is 0. The fourth-order valence-electron chi connectivity index (χ4n) is 2.28. The number of carbonyl (C=O) groups is 1. The largest absolute Gasteiger partial charge is 0.288 e. The van der Waals surface area contributed by atoms with E-state index < -0.39 is 17.4 Å². The molecule has 1 nitrogen and oxygen atoms in total. The second-order valence-corrected chi connectivity index (χ2v) is 5.51. The molecule has 0 bridgehead atoms. The summed E-state index contributed by atoms with van der Waals surface area (Å²) in [4.78, 5) is 12.6. The third-order valence-corrected chi connectivity index (χ3v) is 3.78. The molecule has 0 radical (unpaired) electrons. The third-order valence-electron chi connectivity index (χ3n) is 3.29. The number of rotatable bonds is 2. The van der Waals surface area contributed by atoms with Crippen LogP contribution in [0.25, 0.3) is 10.8 Å². The van der Waals surface area contributed by atoms with E-state index in [0.29, 0.717) is 15.2 Å². The van der Waals surface area contributed by atoms with Crippen LogP contribution in [-0.4, -0.2) is 5.78 Å². The van der Waals surface area contributed by atoms with E-state index in [1.165, 1.54) is 30.3 Å². The monoisotopic (exact) mass is 346 g/mol. The normalized spacial score (nSPS) is 10.8. The molecule has 0 heterocycles. The maximum atomic E-state index is 13.9. The summed E-state index contributed by atoms with van der Waals surface area (Å²) in [6, 6.07) is 13.5. The molecule has 104 valence electrons. The average Bonchev–Trinajstić information content (AvgIpc) is 2.50. The lowest BCUT2D eigenvalue weighted by atomic mass is 9.97. The van der Waals surface area contributed by atoms with Gasteiger partial charge in [-0.3, -0.25) is 4.79 Å². The summed E-state index contributed by atoms with van der Waals surface area (Å²) in [5.41, 5.74) is 0.241. The Morgan fingerprint density at radius 2 is 1.48 bits per heavy atom. The van der Waals surface area contributed by atoms with Gasteiger partial charge in [-0.15, -0.1) is 0 Å². The molecule has 0 amide bonds. The topological polar surface area (TPSA) is 17.1 Å². The molecule has 0 fully saturated rings. The molecule has 3 aromatic carbocycles. The van der Waals surface area contributed by atoms with Crippen molar-refractivity contribution in [2.24, 2.45) is 0 Å². The van der Waals surface area contributed by atoms with Crippen molar-refractivity contribution in [1.29, 1.82) is 0 Å². The highest BCUT2D eigenvalue weighted by atomic mass is 79.9. The van der Waals surface area contributed by atoms with Crippen molar-refractivity contribution in [3.63, 3.8) is 0 Å². The van der Waals surface area contributed by atoms with Gasteiger partial charge in [-0.1, -0.05) is 40.2 Å². The van der Waals surface area contributed by atoms with E-state index >= 15 is 0 Å². The van der Waals surface area contributed by atoms with Gasteiger partial charge in [-0.2, -0.15) is 0 Å². The Labute approximate surface area is 128 Å². The Morgan fingerprint density at radius 1 is 0.810 bits per heavy atom. The zero-order chi connectivity index (χ0) is 15.0. The molecule has 4 heteroatoms. The highest BCUT2D eigenvalue weighted by Gasteiger charge is 2.17. The minimum atomic E-state index is -0.600. The van der Waals surface area contributed by atoms with Crippen molar-refractivity contribution >= 4 is 32.5 Å². The van der Waals surface area contributed by atoms with Crippen LogP contribution in [-0.2, 0) is 0 Å². The number of hydrogen-bond acceptors (Lipinski definition) is 1. The molecule has 0 aliphatic rings. The van der Waals surface area contributed by atoms with Gasteiger partial charge in [0.25, 0.3) is 0 Å².